The SMILES string of the molecule is Cc1occ(C(C)(C)C)c1-c1cc(N=Cc2c(O)[nH]c3cc(F)ccc23)n[nH]1. The Morgan fingerprint density at radius 3 is 2.79 bits per heavy atom. The van der Waals surface area contributed by atoms with Gasteiger partial charge >= 0.3 is 0 Å². The summed E-state index contributed by atoms with van der Waals surface area (Å²) in [6, 6.07) is 6.10. The highest BCUT2D eigenvalue weighted by molar-refractivity contribution is 6.02. The van der Waals surface area contributed by atoms with Crippen molar-refractivity contribution in [2.24, 2.45) is 4.99 Å². The molecule has 144 valence electrons. The average Bonchev–Trinajstić information content (AvgIpc) is 3.28. The summed E-state index contributed by atoms with van der Waals surface area (Å²) in [5.74, 6) is 0.826. The van der Waals surface area contributed by atoms with Crippen molar-refractivity contribution in [1.29, 1.82) is 0 Å². The van der Waals surface area contributed by atoms with E-state index in [2.05, 4.69) is 40.9 Å². The Balaban J connectivity index is 1.69. The van der Waals surface area contributed by atoms with Crippen LogP contribution in [0.3, 0.4) is 0 Å². The van der Waals surface area contributed by atoms with Crippen LogP contribution in [0.2, 0.25) is 0 Å². The largest absolute Gasteiger partial charge is 0.494 e. The summed E-state index contributed by atoms with van der Waals surface area (Å²) in [7, 11) is 0. The van der Waals surface area contributed by atoms with Crippen molar-refractivity contribution in [3.8, 4) is 17.1 Å². The number of benzene rings is 1. The van der Waals surface area contributed by atoms with Gasteiger partial charge in [0.25, 0.3) is 0 Å². The molecule has 0 aliphatic carbocycles. The topological polar surface area (TPSA) is 90.2 Å². The maximum atomic E-state index is 13.4. The van der Waals surface area contributed by atoms with E-state index in [0.29, 0.717) is 22.3 Å². The Morgan fingerprint density at radius 2 is 2.04 bits per heavy atom. The lowest BCUT2D eigenvalue weighted by Crippen LogP contribution is -2.11. The Bertz CT molecular complexity index is 1190. The number of fused-ring (bicyclic) bond motifs is 1. The van der Waals surface area contributed by atoms with E-state index in [1.165, 1.54) is 18.3 Å². The molecule has 6 nitrogen and oxygen atoms in total. The summed E-state index contributed by atoms with van der Waals surface area (Å²) >= 11 is 0. The standard InChI is InChI=1S/C21H21FN4O2/c1-11-19(15(10-28-11)21(2,3)4)17-8-18(26-25-17)23-9-14-13-6-5-12(22)7-16(13)24-20(14)27/h5-10,24,27H,1-4H3,(H,25,26). The number of aromatic amines is 2. The van der Waals surface area contributed by atoms with E-state index in [9.17, 15) is 9.50 Å². The van der Waals surface area contributed by atoms with Gasteiger partial charge in [0.2, 0.25) is 0 Å². The second kappa shape index (κ2) is 6.37. The Labute approximate surface area is 161 Å². The van der Waals surface area contributed by atoms with Crippen molar-refractivity contribution < 1.29 is 13.9 Å². The van der Waals surface area contributed by atoms with E-state index in [4.69, 9.17) is 4.42 Å². The fourth-order valence-electron chi connectivity index (χ4n) is 3.29. The number of aromatic nitrogens is 3. The van der Waals surface area contributed by atoms with Crippen LogP contribution in [-0.4, -0.2) is 26.5 Å². The third-order valence-corrected chi connectivity index (χ3v) is 4.72. The second-order valence-corrected chi connectivity index (χ2v) is 7.81. The zero-order valence-electron chi connectivity index (χ0n) is 16.1. The van der Waals surface area contributed by atoms with Crippen LogP contribution < -0.4 is 0 Å². The van der Waals surface area contributed by atoms with E-state index in [1.807, 2.05) is 13.0 Å². The molecule has 3 heterocycles. The van der Waals surface area contributed by atoms with Gasteiger partial charge in [-0.1, -0.05) is 20.8 Å². The van der Waals surface area contributed by atoms with Crippen LogP contribution in [0, 0.1) is 12.7 Å². The van der Waals surface area contributed by atoms with Gasteiger partial charge in [0.1, 0.15) is 11.6 Å². The van der Waals surface area contributed by atoms with Gasteiger partial charge in [-0.2, -0.15) is 5.10 Å². The number of H-pyrrole nitrogens is 2. The number of furan rings is 1. The number of halogens is 1. The van der Waals surface area contributed by atoms with Crippen molar-refractivity contribution in [2.45, 2.75) is 33.1 Å². The molecule has 0 saturated heterocycles. The number of aliphatic imine (C=N–C) groups is 1. The monoisotopic (exact) mass is 380 g/mol. The molecule has 4 aromatic rings. The minimum atomic E-state index is -0.376. The molecule has 28 heavy (non-hydrogen) atoms. The lowest BCUT2D eigenvalue weighted by atomic mass is 9.85. The first kappa shape index (κ1) is 18.0. The van der Waals surface area contributed by atoms with E-state index in [1.54, 1.807) is 12.3 Å². The van der Waals surface area contributed by atoms with Crippen LogP contribution in [-0.2, 0) is 5.41 Å². The third kappa shape index (κ3) is 3.09. The van der Waals surface area contributed by atoms with E-state index in [0.717, 1.165) is 22.6 Å². The van der Waals surface area contributed by atoms with Crippen molar-refractivity contribution in [3.05, 3.63) is 53.2 Å². The zero-order valence-corrected chi connectivity index (χ0v) is 16.1. The lowest BCUT2D eigenvalue weighted by molar-refractivity contribution is 0.457. The molecule has 3 aromatic heterocycles. The van der Waals surface area contributed by atoms with Crippen molar-refractivity contribution in [2.75, 3.05) is 0 Å². The van der Waals surface area contributed by atoms with Gasteiger partial charge in [-0.05, 0) is 30.5 Å². The van der Waals surface area contributed by atoms with Crippen LogP contribution in [0.15, 0.2) is 39.9 Å². The maximum Gasteiger partial charge on any atom is 0.198 e. The van der Waals surface area contributed by atoms with Crippen LogP contribution in [0.5, 0.6) is 5.88 Å². The van der Waals surface area contributed by atoms with Crippen molar-refractivity contribution in [1.82, 2.24) is 15.2 Å². The molecule has 0 aliphatic heterocycles. The first-order valence-electron chi connectivity index (χ1n) is 8.92. The van der Waals surface area contributed by atoms with Crippen LogP contribution in [0.25, 0.3) is 22.2 Å². The molecule has 0 bridgehead atoms. The molecule has 0 saturated carbocycles. The summed E-state index contributed by atoms with van der Waals surface area (Å²) in [5, 5.41) is 18.0. The Morgan fingerprint density at radius 1 is 1.25 bits per heavy atom. The summed E-state index contributed by atoms with van der Waals surface area (Å²) < 4.78 is 19.0. The number of hydrogen-bond donors (Lipinski definition) is 3. The van der Waals surface area contributed by atoms with Gasteiger partial charge < -0.3 is 14.5 Å². The molecular weight excluding hydrogens is 359 g/mol. The number of aryl methyl sites for hydroxylation is 1. The molecule has 0 fully saturated rings. The molecule has 7 heteroatoms. The highest BCUT2D eigenvalue weighted by atomic mass is 19.1. The van der Waals surface area contributed by atoms with Gasteiger partial charge in [0.15, 0.2) is 11.7 Å². The first-order valence-corrected chi connectivity index (χ1v) is 8.92. The predicted molar refractivity (Wildman–Crippen MR) is 107 cm³/mol. The van der Waals surface area contributed by atoms with Crippen LogP contribution >= 0.6 is 0 Å². The molecule has 0 aliphatic rings. The number of aromatic hydroxyl groups is 1. The number of rotatable bonds is 3. The van der Waals surface area contributed by atoms with E-state index in [-0.39, 0.29) is 17.1 Å². The molecule has 0 radical (unpaired) electrons. The quantitative estimate of drug-likeness (QED) is 0.418. The summed E-state index contributed by atoms with van der Waals surface area (Å²) in [4.78, 5) is 7.11. The first-order chi connectivity index (χ1) is 13.2. The molecule has 0 spiro atoms. The molecule has 0 amide bonds. The van der Waals surface area contributed by atoms with E-state index >= 15 is 0 Å². The molecule has 1 aromatic carbocycles. The number of nitrogens with one attached hydrogen (secondary N) is 2. The number of nitrogens with zero attached hydrogens (tertiary/aromatic N) is 2. The lowest BCUT2D eigenvalue weighted by Gasteiger charge is -2.18. The van der Waals surface area contributed by atoms with Gasteiger partial charge in [0, 0.05) is 28.8 Å². The molecule has 0 atom stereocenters. The minimum absolute atomic E-state index is 0.0687. The van der Waals surface area contributed by atoms with Gasteiger partial charge in [-0.15, -0.1) is 0 Å². The third-order valence-electron chi connectivity index (χ3n) is 4.72. The molecule has 3 N–H and O–H groups in total. The molecular formula is C21H21FN4O2. The maximum absolute atomic E-state index is 13.4. The zero-order chi connectivity index (χ0) is 20.1. The fraction of sp³-hybridized carbons (Fsp3) is 0.238. The summed E-state index contributed by atoms with van der Waals surface area (Å²) in [6.45, 7) is 8.29. The second-order valence-electron chi connectivity index (χ2n) is 7.81. The smallest absolute Gasteiger partial charge is 0.198 e. The Kier molecular flexibility index (Phi) is 4.10. The summed E-state index contributed by atoms with van der Waals surface area (Å²) in [6.07, 6.45) is 3.29. The highest BCUT2D eigenvalue weighted by Gasteiger charge is 2.24. The minimum Gasteiger partial charge on any atom is -0.494 e. The molecule has 4 rings (SSSR count). The normalized spacial score (nSPS) is 12.5. The fourth-order valence-corrected chi connectivity index (χ4v) is 3.29. The van der Waals surface area contributed by atoms with Crippen LogP contribution in [0.4, 0.5) is 10.2 Å². The van der Waals surface area contributed by atoms with Crippen LogP contribution in [0.1, 0.15) is 37.7 Å². The van der Waals surface area contributed by atoms with E-state index < -0.39 is 0 Å². The van der Waals surface area contributed by atoms with Gasteiger partial charge in [-0.25, -0.2) is 9.38 Å². The van der Waals surface area contributed by atoms with Gasteiger partial charge in [0.05, 0.1) is 23.0 Å². The number of hydrogen-bond acceptors (Lipinski definition) is 4. The average molecular weight is 380 g/mol. The Hall–Kier alpha value is -3.35. The van der Waals surface area contributed by atoms with Gasteiger partial charge in [-0.3, -0.25) is 5.10 Å². The summed E-state index contributed by atoms with van der Waals surface area (Å²) in [5.41, 5.74) is 3.79. The predicted octanol–water partition coefficient (Wildman–Crippen LogP) is 5.35. The molecule has 0 unspecified atom stereocenters. The van der Waals surface area contributed by atoms with Crippen molar-refractivity contribution >= 4 is 22.9 Å². The van der Waals surface area contributed by atoms with Crippen molar-refractivity contribution in [3.63, 3.8) is 0 Å². The highest BCUT2D eigenvalue weighted by Crippen LogP contribution is 2.37.